The second-order valence-corrected chi connectivity index (χ2v) is 4.95. The minimum atomic E-state index is -0.255. The quantitative estimate of drug-likeness (QED) is 0.807. The van der Waals surface area contributed by atoms with Gasteiger partial charge in [-0.1, -0.05) is 36.4 Å². The molecule has 0 unspecified atom stereocenters. The monoisotopic (exact) mass is 292 g/mol. The minimum Gasteiger partial charge on any atom is -0.351 e. The number of carbonyl (C=O) groups excluding carboxylic acids is 1. The van der Waals surface area contributed by atoms with Crippen molar-refractivity contribution in [3.63, 3.8) is 0 Å². The van der Waals surface area contributed by atoms with Crippen molar-refractivity contribution >= 4 is 16.7 Å². The van der Waals surface area contributed by atoms with Crippen LogP contribution in [0.4, 0.5) is 0 Å². The maximum absolute atomic E-state index is 12.8. The van der Waals surface area contributed by atoms with E-state index in [4.69, 9.17) is 0 Å². The number of hydrogen-bond acceptors (Lipinski definition) is 2. The van der Waals surface area contributed by atoms with Gasteiger partial charge in [-0.15, -0.1) is 0 Å². The maximum atomic E-state index is 12.8. The largest absolute Gasteiger partial charge is 0.351 e. The summed E-state index contributed by atoms with van der Waals surface area (Å²) in [4.78, 5) is 25.2. The highest BCUT2D eigenvalue weighted by molar-refractivity contribution is 5.97. The molecule has 3 rings (SSSR count). The van der Waals surface area contributed by atoms with Crippen molar-refractivity contribution in [3.05, 3.63) is 76.7 Å². The summed E-state index contributed by atoms with van der Waals surface area (Å²) in [6.07, 6.45) is 0. The van der Waals surface area contributed by atoms with Crippen molar-refractivity contribution in [1.29, 1.82) is 0 Å². The van der Waals surface area contributed by atoms with Crippen LogP contribution in [0.2, 0.25) is 0 Å². The van der Waals surface area contributed by atoms with Gasteiger partial charge in [0.25, 0.3) is 11.5 Å². The molecular weight excluding hydrogens is 276 g/mol. The van der Waals surface area contributed by atoms with Crippen molar-refractivity contribution in [1.82, 2.24) is 9.88 Å². The maximum Gasteiger partial charge on any atom is 0.268 e. The predicted molar refractivity (Wildman–Crippen MR) is 87.6 cm³/mol. The summed E-state index contributed by atoms with van der Waals surface area (Å²) >= 11 is 0. The van der Waals surface area contributed by atoms with Crippen LogP contribution in [0.1, 0.15) is 17.4 Å². The van der Waals surface area contributed by atoms with Gasteiger partial charge < -0.3 is 5.32 Å². The van der Waals surface area contributed by atoms with Gasteiger partial charge in [0.1, 0.15) is 5.69 Å². The zero-order valence-electron chi connectivity index (χ0n) is 12.2. The molecule has 0 aliphatic rings. The molecule has 0 spiro atoms. The summed E-state index contributed by atoms with van der Waals surface area (Å²) in [6, 6.07) is 18.3. The van der Waals surface area contributed by atoms with Crippen LogP contribution < -0.4 is 10.9 Å². The van der Waals surface area contributed by atoms with Crippen LogP contribution in [0, 0.1) is 0 Å². The van der Waals surface area contributed by atoms with Crippen molar-refractivity contribution in [2.45, 2.75) is 6.92 Å². The number of benzene rings is 2. The van der Waals surface area contributed by atoms with E-state index in [2.05, 4.69) is 5.32 Å². The Hall–Kier alpha value is -2.88. The fraction of sp³-hybridized carbons (Fsp3) is 0.111. The number of hydrogen-bond donors (Lipinski definition) is 1. The second-order valence-electron chi connectivity index (χ2n) is 4.95. The number of carbonyl (C=O) groups is 1. The molecule has 0 radical (unpaired) electrons. The number of aromatic nitrogens is 1. The summed E-state index contributed by atoms with van der Waals surface area (Å²) < 4.78 is 1.47. The van der Waals surface area contributed by atoms with Gasteiger partial charge in [-0.25, -0.2) is 0 Å². The Morgan fingerprint density at radius 1 is 1.05 bits per heavy atom. The lowest BCUT2D eigenvalue weighted by Gasteiger charge is -2.14. The summed E-state index contributed by atoms with van der Waals surface area (Å²) in [7, 11) is 0. The first-order chi connectivity index (χ1) is 10.7. The molecule has 0 atom stereocenters. The SMILES string of the molecule is CCNC(=O)c1cc2ccccc2c(=O)n1-c1ccccc1. The van der Waals surface area contributed by atoms with Crippen LogP contribution >= 0.6 is 0 Å². The lowest BCUT2D eigenvalue weighted by Crippen LogP contribution is -2.31. The van der Waals surface area contributed by atoms with E-state index in [1.54, 1.807) is 12.1 Å². The smallest absolute Gasteiger partial charge is 0.268 e. The first-order valence-electron chi connectivity index (χ1n) is 7.21. The molecule has 2 aromatic carbocycles. The molecule has 0 aliphatic heterocycles. The molecule has 0 saturated carbocycles. The first kappa shape index (κ1) is 14.1. The Labute approximate surface area is 128 Å². The molecule has 0 bridgehead atoms. The van der Waals surface area contributed by atoms with Crippen LogP contribution in [-0.2, 0) is 0 Å². The molecule has 110 valence electrons. The lowest BCUT2D eigenvalue weighted by atomic mass is 10.1. The third-order valence-electron chi connectivity index (χ3n) is 3.51. The fourth-order valence-electron chi connectivity index (χ4n) is 2.51. The summed E-state index contributed by atoms with van der Waals surface area (Å²) in [5.74, 6) is -0.255. The van der Waals surface area contributed by atoms with E-state index in [-0.39, 0.29) is 11.5 Å². The van der Waals surface area contributed by atoms with E-state index in [1.165, 1.54) is 4.57 Å². The van der Waals surface area contributed by atoms with Crippen LogP contribution in [0.15, 0.2) is 65.5 Å². The number of nitrogens with zero attached hydrogens (tertiary/aromatic N) is 1. The number of para-hydroxylation sites is 1. The van der Waals surface area contributed by atoms with Crippen LogP contribution in [0.3, 0.4) is 0 Å². The van der Waals surface area contributed by atoms with Crippen LogP contribution in [0.25, 0.3) is 16.5 Å². The third-order valence-corrected chi connectivity index (χ3v) is 3.51. The topological polar surface area (TPSA) is 51.1 Å². The van der Waals surface area contributed by atoms with Gasteiger partial charge in [0.15, 0.2) is 0 Å². The normalized spacial score (nSPS) is 10.6. The Balaban J connectivity index is 2.36. The molecule has 22 heavy (non-hydrogen) atoms. The highest BCUT2D eigenvalue weighted by Gasteiger charge is 2.16. The number of nitrogens with one attached hydrogen (secondary N) is 1. The molecule has 4 heteroatoms. The van der Waals surface area contributed by atoms with E-state index in [0.717, 1.165) is 5.39 Å². The van der Waals surface area contributed by atoms with E-state index >= 15 is 0 Å². The fourth-order valence-corrected chi connectivity index (χ4v) is 2.51. The van der Waals surface area contributed by atoms with Gasteiger partial charge in [-0.2, -0.15) is 0 Å². The first-order valence-corrected chi connectivity index (χ1v) is 7.21. The summed E-state index contributed by atoms with van der Waals surface area (Å²) in [5.41, 5.74) is 0.835. The molecule has 0 saturated heterocycles. The van der Waals surface area contributed by atoms with Crippen molar-refractivity contribution < 1.29 is 4.79 Å². The zero-order chi connectivity index (χ0) is 15.5. The standard InChI is InChI=1S/C18H16N2O2/c1-2-19-17(21)16-12-13-8-6-7-11-15(13)18(22)20(16)14-9-4-3-5-10-14/h3-12H,2H2,1H3,(H,19,21). The highest BCUT2D eigenvalue weighted by Crippen LogP contribution is 2.16. The van der Waals surface area contributed by atoms with E-state index in [0.29, 0.717) is 23.3 Å². The molecule has 0 aliphatic carbocycles. The van der Waals surface area contributed by atoms with Crippen LogP contribution in [-0.4, -0.2) is 17.0 Å². The van der Waals surface area contributed by atoms with Crippen molar-refractivity contribution in [3.8, 4) is 5.69 Å². The Morgan fingerprint density at radius 2 is 1.73 bits per heavy atom. The van der Waals surface area contributed by atoms with Gasteiger partial charge in [0.05, 0.1) is 0 Å². The molecule has 0 fully saturated rings. The summed E-state index contributed by atoms with van der Waals surface area (Å²) in [6.45, 7) is 2.36. The van der Waals surface area contributed by atoms with Gasteiger partial charge in [0, 0.05) is 17.6 Å². The average Bonchev–Trinajstić information content (AvgIpc) is 2.56. The third kappa shape index (κ3) is 2.39. The number of amides is 1. The molecule has 1 heterocycles. The van der Waals surface area contributed by atoms with E-state index < -0.39 is 0 Å². The zero-order valence-corrected chi connectivity index (χ0v) is 12.2. The minimum absolute atomic E-state index is 0.189. The highest BCUT2D eigenvalue weighted by atomic mass is 16.2. The van der Waals surface area contributed by atoms with Crippen molar-refractivity contribution in [2.75, 3.05) is 6.54 Å². The molecule has 4 nitrogen and oxygen atoms in total. The predicted octanol–water partition coefficient (Wildman–Crippen LogP) is 2.74. The number of pyridine rings is 1. The van der Waals surface area contributed by atoms with E-state index in [1.807, 2.05) is 55.5 Å². The molecule has 1 N–H and O–H groups in total. The van der Waals surface area contributed by atoms with Gasteiger partial charge >= 0.3 is 0 Å². The Morgan fingerprint density at radius 3 is 2.45 bits per heavy atom. The second kappa shape index (κ2) is 5.85. The van der Waals surface area contributed by atoms with Crippen molar-refractivity contribution in [2.24, 2.45) is 0 Å². The molecule has 1 amide bonds. The number of fused-ring (bicyclic) bond motifs is 1. The number of rotatable bonds is 3. The van der Waals surface area contributed by atoms with Gasteiger partial charge in [-0.05, 0) is 36.6 Å². The average molecular weight is 292 g/mol. The Kier molecular flexibility index (Phi) is 3.74. The Bertz CT molecular complexity index is 882. The van der Waals surface area contributed by atoms with Gasteiger partial charge in [-0.3, -0.25) is 14.2 Å². The molecular formula is C18H16N2O2. The van der Waals surface area contributed by atoms with Gasteiger partial charge in [0.2, 0.25) is 0 Å². The van der Waals surface area contributed by atoms with E-state index in [9.17, 15) is 9.59 Å². The molecule has 1 aromatic heterocycles. The lowest BCUT2D eigenvalue weighted by molar-refractivity contribution is 0.0948. The summed E-state index contributed by atoms with van der Waals surface area (Å²) in [5, 5.41) is 4.13. The van der Waals surface area contributed by atoms with Crippen LogP contribution in [0.5, 0.6) is 0 Å². The molecule has 3 aromatic rings.